The molecule has 0 aliphatic carbocycles. The summed E-state index contributed by atoms with van der Waals surface area (Å²) < 4.78 is 7.40. The van der Waals surface area contributed by atoms with Crippen molar-refractivity contribution >= 4 is 23.6 Å². The Labute approximate surface area is 172 Å². The van der Waals surface area contributed by atoms with Gasteiger partial charge in [0, 0.05) is 11.3 Å². The molecule has 1 aromatic heterocycles. The Morgan fingerprint density at radius 3 is 2.48 bits per heavy atom. The van der Waals surface area contributed by atoms with E-state index >= 15 is 0 Å². The summed E-state index contributed by atoms with van der Waals surface area (Å²) in [6, 6.07) is 17.3. The van der Waals surface area contributed by atoms with Gasteiger partial charge in [0.2, 0.25) is 11.8 Å². The Kier molecular flexibility index (Phi) is 6.85. The van der Waals surface area contributed by atoms with Crippen LogP contribution in [0.2, 0.25) is 0 Å². The SMILES string of the molecule is CCOc1ccc(-n2c(SCC(=O)NCC(N)=O)nnc2-c2ccccc2)cc1. The van der Waals surface area contributed by atoms with Crippen LogP contribution >= 0.6 is 11.8 Å². The van der Waals surface area contributed by atoms with Crippen molar-refractivity contribution in [1.82, 2.24) is 20.1 Å². The molecule has 0 aliphatic rings. The van der Waals surface area contributed by atoms with Gasteiger partial charge in [0.25, 0.3) is 0 Å². The van der Waals surface area contributed by atoms with E-state index < -0.39 is 5.91 Å². The molecular weight excluding hydrogens is 390 g/mol. The molecule has 29 heavy (non-hydrogen) atoms. The first-order valence-corrected chi connectivity index (χ1v) is 9.99. The zero-order valence-corrected chi connectivity index (χ0v) is 16.7. The molecule has 3 aromatic rings. The van der Waals surface area contributed by atoms with Crippen LogP contribution in [0, 0.1) is 0 Å². The highest BCUT2D eigenvalue weighted by Gasteiger charge is 2.17. The quantitative estimate of drug-likeness (QED) is 0.521. The number of hydrogen-bond donors (Lipinski definition) is 2. The van der Waals surface area contributed by atoms with Crippen LogP contribution in [0.25, 0.3) is 17.1 Å². The lowest BCUT2D eigenvalue weighted by atomic mass is 10.2. The summed E-state index contributed by atoms with van der Waals surface area (Å²) in [6.45, 7) is 2.32. The summed E-state index contributed by atoms with van der Waals surface area (Å²) >= 11 is 1.23. The van der Waals surface area contributed by atoms with Crippen molar-refractivity contribution in [2.75, 3.05) is 18.9 Å². The van der Waals surface area contributed by atoms with E-state index in [1.54, 1.807) is 0 Å². The average molecular weight is 411 g/mol. The van der Waals surface area contributed by atoms with Crippen molar-refractivity contribution in [3.8, 4) is 22.8 Å². The minimum atomic E-state index is -0.590. The predicted molar refractivity (Wildman–Crippen MR) is 111 cm³/mol. The molecule has 150 valence electrons. The molecule has 0 spiro atoms. The lowest BCUT2D eigenvalue weighted by Crippen LogP contribution is -2.34. The maximum Gasteiger partial charge on any atom is 0.236 e. The maximum absolute atomic E-state index is 11.9. The summed E-state index contributed by atoms with van der Waals surface area (Å²) in [5.41, 5.74) is 6.80. The minimum absolute atomic E-state index is 0.0806. The van der Waals surface area contributed by atoms with Gasteiger partial charge in [-0.2, -0.15) is 0 Å². The number of nitrogens with one attached hydrogen (secondary N) is 1. The highest BCUT2D eigenvalue weighted by atomic mass is 32.2. The highest BCUT2D eigenvalue weighted by Crippen LogP contribution is 2.28. The standard InChI is InChI=1S/C20H21N5O3S/c1-2-28-16-10-8-15(9-11-16)25-19(14-6-4-3-5-7-14)23-24-20(25)29-13-18(27)22-12-17(21)26/h3-11H,2,12-13H2,1H3,(H2,21,26)(H,22,27). The van der Waals surface area contributed by atoms with Crippen LogP contribution in [0.15, 0.2) is 59.8 Å². The van der Waals surface area contributed by atoms with Crippen LogP contribution in [0.4, 0.5) is 0 Å². The zero-order chi connectivity index (χ0) is 20.6. The molecule has 0 saturated carbocycles. The molecule has 0 fully saturated rings. The number of thioether (sulfide) groups is 1. The Morgan fingerprint density at radius 1 is 1.10 bits per heavy atom. The second-order valence-corrected chi connectivity index (χ2v) is 6.91. The molecule has 1 heterocycles. The number of carbonyl (C=O) groups excluding carboxylic acids is 2. The number of rotatable bonds is 9. The van der Waals surface area contributed by atoms with Crippen molar-refractivity contribution < 1.29 is 14.3 Å². The van der Waals surface area contributed by atoms with Gasteiger partial charge in [0.15, 0.2) is 11.0 Å². The van der Waals surface area contributed by atoms with Gasteiger partial charge < -0.3 is 15.8 Å². The number of ether oxygens (including phenoxy) is 1. The maximum atomic E-state index is 11.9. The van der Waals surface area contributed by atoms with E-state index in [-0.39, 0.29) is 18.2 Å². The number of nitrogens with zero attached hydrogens (tertiary/aromatic N) is 3. The Balaban J connectivity index is 1.89. The molecule has 2 amide bonds. The lowest BCUT2D eigenvalue weighted by molar-refractivity contribution is -0.123. The number of amides is 2. The fourth-order valence-corrected chi connectivity index (χ4v) is 3.38. The molecule has 3 rings (SSSR count). The smallest absolute Gasteiger partial charge is 0.236 e. The van der Waals surface area contributed by atoms with Crippen molar-refractivity contribution in [2.45, 2.75) is 12.1 Å². The number of benzene rings is 2. The van der Waals surface area contributed by atoms with Gasteiger partial charge in [0.1, 0.15) is 5.75 Å². The topological polar surface area (TPSA) is 112 Å². The van der Waals surface area contributed by atoms with E-state index in [1.165, 1.54) is 11.8 Å². The number of nitrogens with two attached hydrogens (primary N) is 1. The molecule has 0 aliphatic heterocycles. The van der Waals surface area contributed by atoms with Crippen molar-refractivity contribution in [3.63, 3.8) is 0 Å². The first-order chi connectivity index (χ1) is 14.1. The Bertz CT molecular complexity index is 974. The van der Waals surface area contributed by atoms with Crippen LogP contribution in [-0.4, -0.2) is 45.5 Å². The van der Waals surface area contributed by atoms with Gasteiger partial charge >= 0.3 is 0 Å². The molecule has 2 aromatic carbocycles. The summed E-state index contributed by atoms with van der Waals surface area (Å²) in [7, 11) is 0. The number of primary amides is 1. The Morgan fingerprint density at radius 2 is 1.83 bits per heavy atom. The summed E-state index contributed by atoms with van der Waals surface area (Å²) in [4.78, 5) is 22.8. The molecule has 0 saturated heterocycles. The lowest BCUT2D eigenvalue weighted by Gasteiger charge is -2.11. The van der Waals surface area contributed by atoms with E-state index in [2.05, 4.69) is 15.5 Å². The molecule has 0 bridgehead atoms. The first-order valence-electron chi connectivity index (χ1n) is 9.00. The summed E-state index contributed by atoms with van der Waals surface area (Å²) in [5, 5.41) is 11.6. The third-order valence-electron chi connectivity index (χ3n) is 3.86. The minimum Gasteiger partial charge on any atom is -0.494 e. The average Bonchev–Trinajstić information content (AvgIpc) is 3.16. The predicted octanol–water partition coefficient (Wildman–Crippen LogP) is 2.03. The summed E-state index contributed by atoms with van der Waals surface area (Å²) in [5.74, 6) is 0.612. The molecule has 0 atom stereocenters. The fourth-order valence-electron chi connectivity index (χ4n) is 2.60. The largest absolute Gasteiger partial charge is 0.494 e. The van der Waals surface area contributed by atoms with E-state index in [0.29, 0.717) is 17.6 Å². The second kappa shape index (κ2) is 9.74. The van der Waals surface area contributed by atoms with Crippen LogP contribution in [0.3, 0.4) is 0 Å². The number of carbonyl (C=O) groups is 2. The van der Waals surface area contributed by atoms with Crippen molar-refractivity contribution in [3.05, 3.63) is 54.6 Å². The summed E-state index contributed by atoms with van der Waals surface area (Å²) in [6.07, 6.45) is 0. The molecule has 9 heteroatoms. The van der Waals surface area contributed by atoms with Gasteiger partial charge in [-0.3, -0.25) is 14.2 Å². The van der Waals surface area contributed by atoms with Gasteiger partial charge in [-0.15, -0.1) is 10.2 Å². The first kappa shape index (κ1) is 20.4. The van der Waals surface area contributed by atoms with E-state index in [0.717, 1.165) is 17.0 Å². The van der Waals surface area contributed by atoms with Gasteiger partial charge in [-0.1, -0.05) is 42.1 Å². The van der Waals surface area contributed by atoms with Crippen LogP contribution in [0.1, 0.15) is 6.92 Å². The van der Waals surface area contributed by atoms with Gasteiger partial charge in [-0.25, -0.2) is 0 Å². The zero-order valence-electron chi connectivity index (χ0n) is 15.9. The number of aromatic nitrogens is 3. The fraction of sp³-hybridized carbons (Fsp3) is 0.200. The molecular formula is C20H21N5O3S. The van der Waals surface area contributed by atoms with Crippen molar-refractivity contribution in [1.29, 1.82) is 0 Å². The molecule has 3 N–H and O–H groups in total. The molecule has 8 nitrogen and oxygen atoms in total. The van der Waals surface area contributed by atoms with E-state index in [4.69, 9.17) is 10.5 Å². The number of hydrogen-bond acceptors (Lipinski definition) is 6. The normalized spacial score (nSPS) is 10.5. The molecule has 0 radical (unpaired) electrons. The van der Waals surface area contributed by atoms with Crippen LogP contribution in [0.5, 0.6) is 5.75 Å². The highest BCUT2D eigenvalue weighted by molar-refractivity contribution is 7.99. The third kappa shape index (κ3) is 5.35. The second-order valence-electron chi connectivity index (χ2n) is 5.97. The van der Waals surface area contributed by atoms with Crippen LogP contribution < -0.4 is 15.8 Å². The van der Waals surface area contributed by atoms with Gasteiger partial charge in [-0.05, 0) is 31.2 Å². The monoisotopic (exact) mass is 411 g/mol. The van der Waals surface area contributed by atoms with E-state index in [9.17, 15) is 9.59 Å². The van der Waals surface area contributed by atoms with Crippen LogP contribution in [-0.2, 0) is 9.59 Å². The third-order valence-corrected chi connectivity index (χ3v) is 4.79. The van der Waals surface area contributed by atoms with E-state index in [1.807, 2.05) is 66.1 Å². The van der Waals surface area contributed by atoms with Crippen molar-refractivity contribution in [2.24, 2.45) is 5.73 Å². The van der Waals surface area contributed by atoms with Gasteiger partial charge in [0.05, 0.1) is 18.9 Å². The molecule has 0 unspecified atom stereocenters. The Hall–Kier alpha value is -3.33.